The molecule has 1 unspecified atom stereocenters. The number of benzene rings is 1. The molecule has 0 aromatic heterocycles. The lowest BCUT2D eigenvalue weighted by Gasteiger charge is -2.43. The first-order valence-electron chi connectivity index (χ1n) is 10.1. The molecule has 3 heterocycles. The van der Waals surface area contributed by atoms with Crippen LogP contribution in [0.2, 0.25) is 0 Å². The molecule has 0 saturated carbocycles. The van der Waals surface area contributed by atoms with Gasteiger partial charge in [-0.15, -0.1) is 0 Å². The van der Waals surface area contributed by atoms with Gasteiger partial charge in [-0.2, -0.15) is 11.8 Å². The Balaban J connectivity index is 1.40. The van der Waals surface area contributed by atoms with Crippen LogP contribution < -0.4 is 20.1 Å². The molecular weight excluding hydrogens is 376 g/mol. The van der Waals surface area contributed by atoms with Crippen LogP contribution in [0.25, 0.3) is 0 Å². The van der Waals surface area contributed by atoms with E-state index < -0.39 is 0 Å². The van der Waals surface area contributed by atoms with Crippen LogP contribution in [-0.4, -0.2) is 74.1 Å². The van der Waals surface area contributed by atoms with Crippen molar-refractivity contribution in [2.75, 3.05) is 57.7 Å². The first kappa shape index (κ1) is 19.7. The summed E-state index contributed by atoms with van der Waals surface area (Å²) < 4.78 is 16.4. The monoisotopic (exact) mass is 406 g/mol. The third-order valence-electron chi connectivity index (χ3n) is 5.55. The minimum absolute atomic E-state index is 0.198. The number of rotatable bonds is 6. The zero-order chi connectivity index (χ0) is 19.2. The minimum atomic E-state index is 0.198. The Kier molecular flexibility index (Phi) is 6.49. The molecule has 7 nitrogen and oxygen atoms in total. The van der Waals surface area contributed by atoms with Crippen LogP contribution in [0.1, 0.15) is 18.9 Å². The second-order valence-corrected chi connectivity index (χ2v) is 8.47. The normalized spacial score (nSPS) is 25.1. The molecular formula is C20H30N4O3S. The molecule has 154 valence electrons. The predicted molar refractivity (Wildman–Crippen MR) is 112 cm³/mol. The van der Waals surface area contributed by atoms with Crippen molar-refractivity contribution >= 4 is 17.7 Å². The van der Waals surface area contributed by atoms with Crippen LogP contribution in [0.5, 0.6) is 11.5 Å². The predicted octanol–water partition coefficient (Wildman–Crippen LogP) is 1.68. The van der Waals surface area contributed by atoms with Gasteiger partial charge in [0.2, 0.25) is 6.79 Å². The largest absolute Gasteiger partial charge is 0.454 e. The van der Waals surface area contributed by atoms with Gasteiger partial charge >= 0.3 is 0 Å². The fraction of sp³-hybridized carbons (Fsp3) is 0.650. The number of ether oxygens (including phenoxy) is 3. The van der Waals surface area contributed by atoms with E-state index in [1.165, 1.54) is 17.9 Å². The Morgan fingerprint density at radius 3 is 2.86 bits per heavy atom. The van der Waals surface area contributed by atoms with E-state index in [0.717, 1.165) is 62.4 Å². The van der Waals surface area contributed by atoms with Crippen LogP contribution >= 0.6 is 11.8 Å². The van der Waals surface area contributed by atoms with Crippen LogP contribution in [-0.2, 0) is 11.3 Å². The first-order valence-corrected chi connectivity index (χ1v) is 11.3. The fourth-order valence-corrected chi connectivity index (χ4v) is 5.41. The number of nitrogens with one attached hydrogen (secondary N) is 2. The Hall–Kier alpha value is -1.64. The summed E-state index contributed by atoms with van der Waals surface area (Å²) in [6.45, 7) is 8.47. The van der Waals surface area contributed by atoms with E-state index in [4.69, 9.17) is 19.2 Å². The van der Waals surface area contributed by atoms with Crippen molar-refractivity contribution in [3.8, 4) is 11.5 Å². The summed E-state index contributed by atoms with van der Waals surface area (Å²) in [5, 5.41) is 6.99. The van der Waals surface area contributed by atoms with Crippen molar-refractivity contribution in [2.24, 2.45) is 4.99 Å². The SMILES string of the molecule is CCNC(=NCc1ccc2c(c1)OCO2)NCC1(N2CCOCC2)CCSC1. The molecule has 8 heteroatoms. The molecule has 2 saturated heterocycles. The number of aliphatic imine (C=N–C) groups is 1. The zero-order valence-corrected chi connectivity index (χ0v) is 17.4. The number of fused-ring (bicyclic) bond motifs is 1. The Morgan fingerprint density at radius 2 is 2.07 bits per heavy atom. The van der Waals surface area contributed by atoms with Crippen molar-refractivity contribution < 1.29 is 14.2 Å². The van der Waals surface area contributed by atoms with Gasteiger partial charge in [0.05, 0.1) is 19.8 Å². The maximum Gasteiger partial charge on any atom is 0.231 e. The molecule has 3 aliphatic heterocycles. The van der Waals surface area contributed by atoms with Gasteiger partial charge in [0.15, 0.2) is 17.5 Å². The molecule has 0 aliphatic carbocycles. The molecule has 0 spiro atoms. The van der Waals surface area contributed by atoms with Gasteiger partial charge in [0.1, 0.15) is 0 Å². The standard InChI is InChI=1S/C20H30N4O3S/c1-2-21-19(22-12-16-3-4-17-18(11-16)27-15-26-17)23-13-20(5-10-28-14-20)24-6-8-25-9-7-24/h3-4,11H,2,5-10,12-15H2,1H3,(H2,21,22,23). The summed E-state index contributed by atoms with van der Waals surface area (Å²) in [5.74, 6) is 4.87. The average molecular weight is 407 g/mol. The quantitative estimate of drug-likeness (QED) is 0.550. The zero-order valence-electron chi connectivity index (χ0n) is 16.5. The molecule has 1 aromatic rings. The Morgan fingerprint density at radius 1 is 1.21 bits per heavy atom. The molecule has 0 amide bonds. The summed E-state index contributed by atoms with van der Waals surface area (Å²) >= 11 is 2.05. The molecule has 3 aliphatic rings. The van der Waals surface area contributed by atoms with E-state index in [1.54, 1.807) is 0 Å². The molecule has 4 rings (SSSR count). The molecule has 1 atom stereocenters. The number of morpholine rings is 1. The van der Waals surface area contributed by atoms with Gasteiger partial charge < -0.3 is 24.8 Å². The molecule has 28 heavy (non-hydrogen) atoms. The highest BCUT2D eigenvalue weighted by atomic mass is 32.2. The number of hydrogen-bond donors (Lipinski definition) is 2. The Bertz CT molecular complexity index is 688. The van der Waals surface area contributed by atoms with Crippen LogP contribution in [0.3, 0.4) is 0 Å². The van der Waals surface area contributed by atoms with Crippen LogP contribution in [0.15, 0.2) is 23.2 Å². The van der Waals surface area contributed by atoms with Crippen molar-refractivity contribution in [3.63, 3.8) is 0 Å². The smallest absolute Gasteiger partial charge is 0.231 e. The highest BCUT2D eigenvalue weighted by molar-refractivity contribution is 7.99. The third-order valence-corrected chi connectivity index (χ3v) is 6.78. The number of guanidine groups is 1. The summed E-state index contributed by atoms with van der Waals surface area (Å²) in [4.78, 5) is 7.41. The number of hydrogen-bond acceptors (Lipinski definition) is 6. The fourth-order valence-electron chi connectivity index (χ4n) is 3.93. The summed E-state index contributed by atoms with van der Waals surface area (Å²) in [6, 6.07) is 6.01. The van der Waals surface area contributed by atoms with Crippen LogP contribution in [0.4, 0.5) is 0 Å². The van der Waals surface area contributed by atoms with E-state index in [2.05, 4.69) is 34.2 Å². The van der Waals surface area contributed by atoms with Crippen LogP contribution in [0, 0.1) is 0 Å². The molecule has 0 bridgehead atoms. The highest BCUT2D eigenvalue weighted by Gasteiger charge is 2.40. The third kappa shape index (κ3) is 4.50. The van der Waals surface area contributed by atoms with Gasteiger partial charge in [-0.05, 0) is 36.8 Å². The average Bonchev–Trinajstić information content (AvgIpc) is 3.40. The molecule has 2 N–H and O–H groups in total. The van der Waals surface area contributed by atoms with Gasteiger partial charge in [-0.25, -0.2) is 4.99 Å². The summed E-state index contributed by atoms with van der Waals surface area (Å²) in [6.07, 6.45) is 1.21. The second-order valence-electron chi connectivity index (χ2n) is 7.36. The first-order chi connectivity index (χ1) is 13.8. The van der Waals surface area contributed by atoms with Crippen molar-refractivity contribution in [1.82, 2.24) is 15.5 Å². The van der Waals surface area contributed by atoms with Gasteiger partial charge in [-0.1, -0.05) is 6.07 Å². The number of thioether (sulfide) groups is 1. The topological polar surface area (TPSA) is 67.4 Å². The Labute approximate surface area is 171 Å². The van der Waals surface area contributed by atoms with Crippen molar-refractivity contribution in [3.05, 3.63) is 23.8 Å². The van der Waals surface area contributed by atoms with E-state index in [-0.39, 0.29) is 5.54 Å². The van der Waals surface area contributed by atoms with E-state index >= 15 is 0 Å². The summed E-state index contributed by atoms with van der Waals surface area (Å²) in [7, 11) is 0. The molecule has 1 aromatic carbocycles. The van der Waals surface area contributed by atoms with Crippen molar-refractivity contribution in [1.29, 1.82) is 0 Å². The second kappa shape index (κ2) is 9.24. The minimum Gasteiger partial charge on any atom is -0.454 e. The van der Waals surface area contributed by atoms with E-state index in [0.29, 0.717) is 13.3 Å². The lowest BCUT2D eigenvalue weighted by molar-refractivity contribution is -0.0120. The lowest BCUT2D eigenvalue weighted by Crippen LogP contribution is -2.60. The van der Waals surface area contributed by atoms with E-state index in [9.17, 15) is 0 Å². The molecule has 0 radical (unpaired) electrons. The molecule has 2 fully saturated rings. The number of nitrogens with zero attached hydrogens (tertiary/aromatic N) is 2. The van der Waals surface area contributed by atoms with E-state index in [1.807, 2.05) is 18.2 Å². The lowest BCUT2D eigenvalue weighted by atomic mass is 9.95. The van der Waals surface area contributed by atoms with Gasteiger partial charge in [-0.3, -0.25) is 4.90 Å². The van der Waals surface area contributed by atoms with Gasteiger partial charge in [0.25, 0.3) is 0 Å². The van der Waals surface area contributed by atoms with Crippen molar-refractivity contribution in [2.45, 2.75) is 25.4 Å². The highest BCUT2D eigenvalue weighted by Crippen LogP contribution is 2.34. The summed E-state index contributed by atoms with van der Waals surface area (Å²) in [5.41, 5.74) is 1.31. The maximum atomic E-state index is 5.56. The van der Waals surface area contributed by atoms with Gasteiger partial charge in [0, 0.05) is 37.5 Å². The maximum absolute atomic E-state index is 5.56.